The van der Waals surface area contributed by atoms with Gasteiger partial charge >= 0.3 is 11.7 Å². The van der Waals surface area contributed by atoms with E-state index >= 15 is 0 Å². The normalized spacial score (nSPS) is 10.7. The molecule has 0 aliphatic rings. The van der Waals surface area contributed by atoms with Crippen molar-refractivity contribution in [3.63, 3.8) is 0 Å². The Labute approximate surface area is 138 Å². The molecule has 1 aromatic heterocycles. The van der Waals surface area contributed by atoms with Gasteiger partial charge in [-0.05, 0) is 40.8 Å². The van der Waals surface area contributed by atoms with Gasteiger partial charge in [0.2, 0.25) is 0 Å². The maximum atomic E-state index is 13.8. The first-order valence-electron chi connectivity index (χ1n) is 6.93. The summed E-state index contributed by atoms with van der Waals surface area (Å²) in [7, 11) is 1.28. The molecule has 0 fully saturated rings. The zero-order chi connectivity index (χ0) is 18.1. The number of amides is 1. The Morgan fingerprint density at radius 3 is 2.32 bits per heavy atom. The van der Waals surface area contributed by atoms with Crippen molar-refractivity contribution in [2.75, 3.05) is 11.9 Å². The van der Waals surface area contributed by atoms with E-state index in [0.717, 1.165) is 29.2 Å². The molecule has 7 nitrogen and oxygen atoms in total. The van der Waals surface area contributed by atoms with Crippen LogP contribution in [0.1, 0.15) is 0 Å². The first-order chi connectivity index (χ1) is 11.9. The lowest BCUT2D eigenvalue weighted by atomic mass is 10.3. The van der Waals surface area contributed by atoms with Gasteiger partial charge in [-0.2, -0.15) is 4.68 Å². The van der Waals surface area contributed by atoms with E-state index in [2.05, 4.69) is 10.4 Å². The number of rotatable bonds is 2. The van der Waals surface area contributed by atoms with Gasteiger partial charge < -0.3 is 0 Å². The third kappa shape index (κ3) is 2.89. The van der Waals surface area contributed by atoms with Gasteiger partial charge in [0.05, 0.1) is 0 Å². The molecule has 0 unspecified atom stereocenters. The predicted octanol–water partition coefficient (Wildman–Crippen LogP) is 1.95. The van der Waals surface area contributed by atoms with Gasteiger partial charge in [0.25, 0.3) is 0 Å². The highest BCUT2D eigenvalue weighted by Crippen LogP contribution is 2.16. The van der Waals surface area contributed by atoms with Crippen LogP contribution in [0.25, 0.3) is 5.69 Å². The molecule has 0 aliphatic heterocycles. The van der Waals surface area contributed by atoms with E-state index in [1.54, 1.807) is 0 Å². The number of hydrogen-bond acceptors (Lipinski definition) is 4. The highest BCUT2D eigenvalue weighted by Gasteiger charge is 2.23. The number of halogens is 3. The third-order valence-electron chi connectivity index (χ3n) is 3.39. The van der Waals surface area contributed by atoms with Crippen LogP contribution in [0, 0.1) is 17.5 Å². The molecule has 0 bridgehead atoms. The molecule has 0 saturated carbocycles. The zero-order valence-corrected chi connectivity index (χ0v) is 12.7. The van der Waals surface area contributed by atoms with Crippen molar-refractivity contribution in [2.24, 2.45) is 0 Å². The molecular weight excluding hydrogens is 339 g/mol. The second-order valence-electron chi connectivity index (χ2n) is 4.98. The average Bonchev–Trinajstić information content (AvgIpc) is 2.95. The Balaban J connectivity index is 2.01. The lowest BCUT2D eigenvalue weighted by Gasteiger charge is -2.15. The van der Waals surface area contributed by atoms with E-state index in [0.29, 0.717) is 9.36 Å². The van der Waals surface area contributed by atoms with E-state index in [4.69, 9.17) is 0 Å². The Morgan fingerprint density at radius 2 is 1.68 bits per heavy atom. The summed E-state index contributed by atoms with van der Waals surface area (Å²) >= 11 is 0. The van der Waals surface area contributed by atoms with Crippen LogP contribution in [0.5, 0.6) is 0 Å². The van der Waals surface area contributed by atoms with Crippen molar-refractivity contribution >= 4 is 11.7 Å². The second kappa shape index (κ2) is 6.23. The number of para-hydroxylation sites is 1. The SMILES string of the molecule is CN(C(=O)n1nnn(-c2c(F)cccc2F)c1=O)c1cccc(F)c1. The second-order valence-corrected chi connectivity index (χ2v) is 4.98. The van der Waals surface area contributed by atoms with Crippen LogP contribution in [-0.4, -0.2) is 32.9 Å². The van der Waals surface area contributed by atoms with Crippen LogP contribution in [0.4, 0.5) is 23.7 Å². The summed E-state index contributed by atoms with van der Waals surface area (Å²) in [5.74, 6) is -2.67. The fourth-order valence-corrected chi connectivity index (χ4v) is 2.14. The fraction of sp³-hybridized carbons (Fsp3) is 0.0667. The number of carbonyl (C=O) groups is 1. The summed E-state index contributed by atoms with van der Waals surface area (Å²) in [5, 5.41) is 6.68. The molecule has 0 radical (unpaired) electrons. The van der Waals surface area contributed by atoms with Crippen LogP contribution in [-0.2, 0) is 0 Å². The average molecular weight is 349 g/mol. The van der Waals surface area contributed by atoms with E-state index < -0.39 is 34.9 Å². The van der Waals surface area contributed by atoms with Crippen molar-refractivity contribution in [1.82, 2.24) is 19.8 Å². The standard InChI is InChI=1S/C15H10F3N5O2/c1-21(10-5-2-4-9(16)8-10)14(24)23-15(25)22(19-20-23)13-11(17)6-3-7-12(13)18/h2-8H,1H3. The van der Waals surface area contributed by atoms with Crippen LogP contribution in [0.3, 0.4) is 0 Å². The lowest BCUT2D eigenvalue weighted by Crippen LogP contribution is -2.39. The molecule has 1 heterocycles. The smallest absolute Gasteiger partial charge is 0.295 e. The monoisotopic (exact) mass is 349 g/mol. The van der Waals surface area contributed by atoms with Gasteiger partial charge in [0, 0.05) is 12.7 Å². The maximum Gasteiger partial charge on any atom is 0.377 e. The summed E-state index contributed by atoms with van der Waals surface area (Å²) in [6.45, 7) is 0. The minimum atomic E-state index is -1.17. The minimum Gasteiger partial charge on any atom is -0.295 e. The van der Waals surface area contributed by atoms with Crippen molar-refractivity contribution in [2.45, 2.75) is 0 Å². The lowest BCUT2D eigenvalue weighted by molar-refractivity contribution is 0.245. The molecule has 0 aliphatic carbocycles. The Morgan fingerprint density at radius 1 is 1.04 bits per heavy atom. The van der Waals surface area contributed by atoms with Crippen molar-refractivity contribution in [1.29, 1.82) is 0 Å². The number of carbonyl (C=O) groups excluding carboxylic acids is 1. The van der Waals surface area contributed by atoms with Crippen LogP contribution in [0.2, 0.25) is 0 Å². The summed E-state index contributed by atoms with van der Waals surface area (Å²) in [6.07, 6.45) is 0. The van der Waals surface area contributed by atoms with Gasteiger partial charge in [-0.15, -0.1) is 4.68 Å². The highest BCUT2D eigenvalue weighted by molar-refractivity contribution is 5.92. The largest absolute Gasteiger partial charge is 0.377 e. The van der Waals surface area contributed by atoms with Gasteiger partial charge in [0.1, 0.15) is 11.5 Å². The Hall–Kier alpha value is -3.43. The molecule has 10 heteroatoms. The van der Waals surface area contributed by atoms with E-state index in [1.165, 1.54) is 25.2 Å². The molecule has 1 amide bonds. The number of benzene rings is 2. The first kappa shape index (κ1) is 16.4. The van der Waals surface area contributed by atoms with Crippen molar-refractivity contribution < 1.29 is 18.0 Å². The van der Waals surface area contributed by atoms with E-state index in [1.807, 2.05) is 0 Å². The van der Waals surface area contributed by atoms with Gasteiger partial charge in [0.15, 0.2) is 11.6 Å². The van der Waals surface area contributed by atoms with Crippen molar-refractivity contribution in [3.8, 4) is 5.69 Å². The van der Waals surface area contributed by atoms with E-state index in [9.17, 15) is 22.8 Å². The van der Waals surface area contributed by atoms with Gasteiger partial charge in [-0.3, -0.25) is 4.90 Å². The number of nitrogens with zero attached hydrogens (tertiary/aromatic N) is 5. The zero-order valence-electron chi connectivity index (χ0n) is 12.7. The quantitative estimate of drug-likeness (QED) is 0.663. The number of tetrazole rings is 1. The number of anilines is 1. The number of aromatic nitrogens is 4. The third-order valence-corrected chi connectivity index (χ3v) is 3.39. The molecule has 2 aromatic carbocycles. The molecule has 25 heavy (non-hydrogen) atoms. The summed E-state index contributed by atoms with van der Waals surface area (Å²) < 4.78 is 41.5. The summed E-state index contributed by atoms with van der Waals surface area (Å²) in [4.78, 5) is 25.6. The molecule has 0 N–H and O–H groups in total. The Bertz CT molecular complexity index is 994. The molecule has 0 atom stereocenters. The van der Waals surface area contributed by atoms with Gasteiger partial charge in [-0.1, -0.05) is 12.1 Å². The molecule has 3 aromatic rings. The van der Waals surface area contributed by atoms with Crippen LogP contribution >= 0.6 is 0 Å². The molecule has 0 saturated heterocycles. The van der Waals surface area contributed by atoms with E-state index in [-0.39, 0.29) is 5.69 Å². The predicted molar refractivity (Wildman–Crippen MR) is 81.1 cm³/mol. The molecule has 0 spiro atoms. The molecular formula is C15H10F3N5O2. The molecule has 3 rings (SSSR count). The highest BCUT2D eigenvalue weighted by atomic mass is 19.1. The van der Waals surface area contributed by atoms with Gasteiger partial charge in [-0.25, -0.2) is 22.8 Å². The minimum absolute atomic E-state index is 0.156. The maximum absolute atomic E-state index is 13.8. The fourth-order valence-electron chi connectivity index (χ4n) is 2.14. The number of hydrogen-bond donors (Lipinski definition) is 0. The summed E-state index contributed by atoms with van der Waals surface area (Å²) in [5.41, 5.74) is -1.76. The molecule has 128 valence electrons. The van der Waals surface area contributed by atoms with Crippen molar-refractivity contribution in [3.05, 3.63) is 70.4 Å². The Kier molecular flexibility index (Phi) is 4.09. The summed E-state index contributed by atoms with van der Waals surface area (Å²) in [6, 6.07) is 7.09. The first-order valence-corrected chi connectivity index (χ1v) is 6.93. The van der Waals surface area contributed by atoms with Crippen LogP contribution < -0.4 is 10.6 Å². The van der Waals surface area contributed by atoms with Crippen LogP contribution in [0.15, 0.2) is 47.3 Å². The topological polar surface area (TPSA) is 73.0 Å².